The van der Waals surface area contributed by atoms with Gasteiger partial charge in [-0.15, -0.1) is 0 Å². The minimum atomic E-state index is -0.770. The van der Waals surface area contributed by atoms with Gasteiger partial charge in [0.1, 0.15) is 6.04 Å². The molecule has 2 rings (SSSR count). The van der Waals surface area contributed by atoms with Crippen molar-refractivity contribution < 1.29 is 9.90 Å². The summed E-state index contributed by atoms with van der Waals surface area (Å²) in [4.78, 5) is 10.6. The molecule has 2 atom stereocenters. The van der Waals surface area contributed by atoms with Crippen molar-refractivity contribution >= 4 is 21.9 Å². The quantitative estimate of drug-likeness (QED) is 0.850. The molecule has 14 heavy (non-hydrogen) atoms. The van der Waals surface area contributed by atoms with E-state index in [4.69, 9.17) is 5.11 Å². The zero-order valence-corrected chi connectivity index (χ0v) is 8.99. The first-order valence-corrected chi connectivity index (χ1v) is 5.21. The second kappa shape index (κ2) is 3.71. The zero-order valence-electron chi connectivity index (χ0n) is 7.40. The molecule has 74 valence electrons. The number of carboxylic acid groups (broad SMARTS) is 1. The lowest BCUT2D eigenvalue weighted by molar-refractivity contribution is -0.142. The molecular formula is C10H10BrNO2. The molecule has 1 fully saturated rings. The van der Waals surface area contributed by atoms with E-state index in [2.05, 4.69) is 21.2 Å². The van der Waals surface area contributed by atoms with Crippen LogP contribution in [-0.2, 0) is 4.79 Å². The van der Waals surface area contributed by atoms with Crippen molar-refractivity contribution in [2.24, 2.45) is 0 Å². The van der Waals surface area contributed by atoms with E-state index in [1.54, 1.807) is 0 Å². The van der Waals surface area contributed by atoms with Gasteiger partial charge in [-0.1, -0.05) is 34.1 Å². The first kappa shape index (κ1) is 9.68. The topological polar surface area (TPSA) is 49.3 Å². The number of carboxylic acids is 1. The molecule has 1 saturated heterocycles. The van der Waals surface area contributed by atoms with Crippen molar-refractivity contribution in [2.45, 2.75) is 18.5 Å². The van der Waals surface area contributed by atoms with Gasteiger partial charge >= 0.3 is 5.97 Å². The molecule has 4 heteroatoms. The minimum Gasteiger partial charge on any atom is -0.480 e. The molecule has 0 bridgehead atoms. The highest BCUT2D eigenvalue weighted by Gasteiger charge is 2.34. The second-order valence-corrected chi connectivity index (χ2v) is 4.22. The van der Waals surface area contributed by atoms with Crippen molar-refractivity contribution in [3.05, 3.63) is 34.3 Å². The fourth-order valence-electron chi connectivity index (χ4n) is 1.60. The van der Waals surface area contributed by atoms with E-state index in [1.807, 2.05) is 24.3 Å². The Labute approximate surface area is 90.3 Å². The summed E-state index contributed by atoms with van der Waals surface area (Å²) < 4.78 is 1.03. The van der Waals surface area contributed by atoms with Crippen LogP contribution in [0.25, 0.3) is 0 Å². The van der Waals surface area contributed by atoms with E-state index in [9.17, 15) is 4.79 Å². The van der Waals surface area contributed by atoms with Gasteiger partial charge in [-0.2, -0.15) is 0 Å². The highest BCUT2D eigenvalue weighted by Crippen LogP contribution is 2.32. The van der Waals surface area contributed by atoms with Gasteiger partial charge in [-0.25, -0.2) is 0 Å². The van der Waals surface area contributed by atoms with Gasteiger partial charge in [0.2, 0.25) is 0 Å². The molecule has 2 N–H and O–H groups in total. The lowest BCUT2D eigenvalue weighted by Crippen LogP contribution is -2.50. The Balaban J connectivity index is 2.07. The van der Waals surface area contributed by atoms with Crippen LogP contribution in [0.5, 0.6) is 0 Å². The Bertz CT molecular complexity index is 361. The van der Waals surface area contributed by atoms with Gasteiger partial charge in [-0.05, 0) is 18.1 Å². The molecule has 3 nitrogen and oxygen atoms in total. The molecule has 0 amide bonds. The second-order valence-electron chi connectivity index (χ2n) is 3.37. The van der Waals surface area contributed by atoms with Crippen molar-refractivity contribution in [1.82, 2.24) is 5.32 Å². The lowest BCUT2D eigenvalue weighted by Gasteiger charge is -2.35. The summed E-state index contributed by atoms with van der Waals surface area (Å²) in [6.45, 7) is 0. The summed E-state index contributed by atoms with van der Waals surface area (Å²) in [6.07, 6.45) is 0.665. The molecule has 0 aliphatic carbocycles. The molecule has 1 aromatic rings. The predicted octanol–water partition coefficient (Wildman–Crippen LogP) is 1.94. The van der Waals surface area contributed by atoms with Crippen molar-refractivity contribution in [3.63, 3.8) is 0 Å². The number of nitrogens with one attached hydrogen (secondary N) is 1. The Kier molecular flexibility index (Phi) is 2.56. The Morgan fingerprint density at radius 1 is 1.50 bits per heavy atom. The van der Waals surface area contributed by atoms with Gasteiger partial charge < -0.3 is 5.11 Å². The number of carbonyl (C=O) groups is 1. The molecule has 0 saturated carbocycles. The van der Waals surface area contributed by atoms with Gasteiger partial charge in [-0.3, -0.25) is 10.1 Å². The molecule has 0 spiro atoms. The van der Waals surface area contributed by atoms with Crippen molar-refractivity contribution in [1.29, 1.82) is 0 Å². The number of rotatable bonds is 2. The van der Waals surface area contributed by atoms with Crippen LogP contribution in [0.15, 0.2) is 28.7 Å². The Morgan fingerprint density at radius 3 is 2.71 bits per heavy atom. The van der Waals surface area contributed by atoms with E-state index in [1.165, 1.54) is 0 Å². The maximum Gasteiger partial charge on any atom is 0.320 e. The summed E-state index contributed by atoms with van der Waals surface area (Å²) in [5.74, 6) is -0.770. The van der Waals surface area contributed by atoms with E-state index in [0.29, 0.717) is 6.42 Å². The summed E-state index contributed by atoms with van der Waals surface area (Å²) in [7, 11) is 0. The normalized spacial score (nSPS) is 25.5. The third-order valence-corrected chi connectivity index (χ3v) is 3.17. The molecule has 2 unspecified atom stereocenters. The summed E-state index contributed by atoms with van der Waals surface area (Å²) in [6, 6.07) is 7.65. The van der Waals surface area contributed by atoms with E-state index < -0.39 is 5.97 Å². The van der Waals surface area contributed by atoms with Crippen LogP contribution in [0.2, 0.25) is 0 Å². The summed E-state index contributed by atoms with van der Waals surface area (Å²) in [5.41, 5.74) is 1.13. The molecule has 1 aliphatic rings. The van der Waals surface area contributed by atoms with Crippen LogP contribution in [0.1, 0.15) is 18.0 Å². The summed E-state index contributed by atoms with van der Waals surface area (Å²) >= 11 is 3.44. The first-order valence-electron chi connectivity index (χ1n) is 4.42. The van der Waals surface area contributed by atoms with E-state index in [0.717, 1.165) is 10.0 Å². The highest BCUT2D eigenvalue weighted by molar-refractivity contribution is 9.10. The number of hydrogen-bond donors (Lipinski definition) is 2. The van der Waals surface area contributed by atoms with Gasteiger partial charge in [0, 0.05) is 10.5 Å². The van der Waals surface area contributed by atoms with Crippen LogP contribution in [0, 0.1) is 0 Å². The standard InChI is InChI=1S/C10H10BrNO2/c11-7-4-2-1-3-6(7)8-5-9(12-8)10(13)14/h1-4,8-9,12H,5H2,(H,13,14). The maximum atomic E-state index is 10.6. The highest BCUT2D eigenvalue weighted by atomic mass is 79.9. The van der Waals surface area contributed by atoms with Crippen molar-refractivity contribution in [3.8, 4) is 0 Å². The van der Waals surface area contributed by atoms with Crippen LogP contribution < -0.4 is 5.32 Å². The lowest BCUT2D eigenvalue weighted by atomic mass is 9.91. The number of halogens is 1. The van der Waals surface area contributed by atoms with Crippen LogP contribution in [0.3, 0.4) is 0 Å². The Morgan fingerprint density at radius 2 is 2.14 bits per heavy atom. The zero-order chi connectivity index (χ0) is 10.1. The largest absolute Gasteiger partial charge is 0.480 e. The average molecular weight is 256 g/mol. The van der Waals surface area contributed by atoms with Crippen molar-refractivity contribution in [2.75, 3.05) is 0 Å². The SMILES string of the molecule is O=C(O)C1CC(c2ccccc2Br)N1. The minimum absolute atomic E-state index is 0.173. The molecule has 1 aliphatic heterocycles. The smallest absolute Gasteiger partial charge is 0.320 e. The van der Waals surface area contributed by atoms with Crippen LogP contribution >= 0.6 is 15.9 Å². The third-order valence-electron chi connectivity index (χ3n) is 2.45. The first-order chi connectivity index (χ1) is 6.68. The predicted molar refractivity (Wildman–Crippen MR) is 56.1 cm³/mol. The molecule has 1 heterocycles. The molecule has 0 radical (unpaired) electrons. The number of aliphatic carboxylic acids is 1. The van der Waals surface area contributed by atoms with Gasteiger partial charge in [0.05, 0.1) is 0 Å². The monoisotopic (exact) mass is 255 g/mol. The molecular weight excluding hydrogens is 246 g/mol. The summed E-state index contributed by atoms with van der Waals surface area (Å²) in [5, 5.41) is 11.7. The van der Waals surface area contributed by atoms with Gasteiger partial charge in [0.15, 0.2) is 0 Å². The van der Waals surface area contributed by atoms with Gasteiger partial charge in [0.25, 0.3) is 0 Å². The van der Waals surface area contributed by atoms with Crippen LogP contribution in [-0.4, -0.2) is 17.1 Å². The average Bonchev–Trinajstić information content (AvgIpc) is 2.05. The third kappa shape index (κ3) is 1.67. The van der Waals surface area contributed by atoms with Crippen LogP contribution in [0.4, 0.5) is 0 Å². The Hall–Kier alpha value is -0.870. The molecule has 0 aromatic heterocycles. The van der Waals surface area contributed by atoms with E-state index >= 15 is 0 Å². The maximum absolute atomic E-state index is 10.6. The number of benzene rings is 1. The number of hydrogen-bond acceptors (Lipinski definition) is 2. The fraction of sp³-hybridized carbons (Fsp3) is 0.300. The molecule has 1 aromatic carbocycles. The van der Waals surface area contributed by atoms with E-state index in [-0.39, 0.29) is 12.1 Å². The fourth-order valence-corrected chi connectivity index (χ4v) is 2.16.